The van der Waals surface area contributed by atoms with Crippen LogP contribution < -0.4 is 15.0 Å². The van der Waals surface area contributed by atoms with Crippen LogP contribution in [0.25, 0.3) is 0 Å². The van der Waals surface area contributed by atoms with Crippen LogP contribution in [0.5, 0.6) is 5.75 Å². The van der Waals surface area contributed by atoms with Crippen molar-refractivity contribution in [3.05, 3.63) is 138 Å². The molecule has 6 rings (SSSR count). The number of nitrogens with one attached hydrogen (secondary N) is 1. The first-order valence-electron chi connectivity index (χ1n) is 13.7. The Balaban J connectivity index is 1.50. The standard InChI is InChI=1S/C35H32N2O3/c1-35(2)21-29-32(31(38)22-35)33(26-16-11-17-27(20-26)40-23-24-12-5-3-6-13-24)37(30-19-10-9-18-28(30)36-29)34(39)25-14-7-4-8-15-25/h3-21,32-33,36H,22-23H2,1-2H3/t32-,33+/m0/s1. The van der Waals surface area contributed by atoms with Crippen LogP contribution in [0, 0.1) is 11.3 Å². The van der Waals surface area contributed by atoms with E-state index in [2.05, 4.69) is 25.2 Å². The van der Waals surface area contributed by atoms with Gasteiger partial charge >= 0.3 is 0 Å². The van der Waals surface area contributed by atoms with Crippen LogP contribution in [0.1, 0.15) is 47.8 Å². The van der Waals surface area contributed by atoms with E-state index in [9.17, 15) is 9.59 Å². The lowest BCUT2D eigenvalue weighted by atomic mass is 9.72. The lowest BCUT2D eigenvalue weighted by Crippen LogP contribution is -2.43. The smallest absolute Gasteiger partial charge is 0.258 e. The molecule has 0 unspecified atom stereocenters. The van der Waals surface area contributed by atoms with Crippen molar-refractivity contribution in [1.82, 2.24) is 0 Å². The molecule has 2 atom stereocenters. The first-order valence-corrected chi connectivity index (χ1v) is 13.7. The van der Waals surface area contributed by atoms with Crippen LogP contribution in [0.15, 0.2) is 121 Å². The average molecular weight is 529 g/mol. The Bertz CT molecular complexity index is 1580. The van der Waals surface area contributed by atoms with Crippen LogP contribution in [0.2, 0.25) is 0 Å². The highest BCUT2D eigenvalue weighted by Gasteiger charge is 2.46. The number of ketones is 1. The van der Waals surface area contributed by atoms with Gasteiger partial charge in [-0.15, -0.1) is 0 Å². The van der Waals surface area contributed by atoms with Gasteiger partial charge in [-0.2, -0.15) is 0 Å². The van der Waals surface area contributed by atoms with Crippen molar-refractivity contribution in [3.63, 3.8) is 0 Å². The van der Waals surface area contributed by atoms with Crippen molar-refractivity contribution in [1.29, 1.82) is 0 Å². The Morgan fingerprint density at radius 1 is 0.900 bits per heavy atom. The van der Waals surface area contributed by atoms with Gasteiger partial charge in [0.05, 0.1) is 23.3 Å². The number of amides is 1. The van der Waals surface area contributed by atoms with Crippen LogP contribution in [0.3, 0.4) is 0 Å². The van der Waals surface area contributed by atoms with E-state index in [-0.39, 0.29) is 17.1 Å². The molecule has 1 aliphatic heterocycles. The first kappa shape index (κ1) is 25.6. The molecule has 200 valence electrons. The van der Waals surface area contributed by atoms with Gasteiger partial charge in [0.15, 0.2) is 0 Å². The second-order valence-corrected chi connectivity index (χ2v) is 11.2. The fourth-order valence-corrected chi connectivity index (χ4v) is 5.82. The highest BCUT2D eigenvalue weighted by Crippen LogP contribution is 2.49. The number of allylic oxidation sites excluding steroid dienone is 1. The maximum Gasteiger partial charge on any atom is 0.258 e. The summed E-state index contributed by atoms with van der Waals surface area (Å²) in [7, 11) is 0. The summed E-state index contributed by atoms with van der Waals surface area (Å²) in [6.07, 6.45) is 2.56. The number of hydrogen-bond acceptors (Lipinski definition) is 4. The molecular formula is C35H32N2O3. The van der Waals surface area contributed by atoms with E-state index in [0.717, 1.165) is 28.2 Å². The topological polar surface area (TPSA) is 58.6 Å². The van der Waals surface area contributed by atoms with Gasteiger partial charge in [0, 0.05) is 17.7 Å². The van der Waals surface area contributed by atoms with Crippen molar-refractivity contribution in [2.75, 3.05) is 10.2 Å². The molecule has 0 aromatic heterocycles. The molecule has 1 aliphatic carbocycles. The summed E-state index contributed by atoms with van der Waals surface area (Å²) in [6.45, 7) is 4.58. The van der Waals surface area contributed by atoms with Gasteiger partial charge in [-0.25, -0.2) is 0 Å². The van der Waals surface area contributed by atoms with E-state index in [4.69, 9.17) is 4.74 Å². The SMILES string of the molecule is CC1(C)C=C2Nc3ccccc3N(C(=O)c3ccccc3)[C@H](c3cccc(OCc4ccccc4)c3)[C@@H]2C(=O)C1. The molecule has 0 radical (unpaired) electrons. The largest absolute Gasteiger partial charge is 0.489 e. The van der Waals surface area contributed by atoms with Gasteiger partial charge in [0.25, 0.3) is 5.91 Å². The van der Waals surface area contributed by atoms with E-state index in [0.29, 0.717) is 24.3 Å². The van der Waals surface area contributed by atoms with Crippen LogP contribution in [-0.2, 0) is 11.4 Å². The molecule has 0 fully saturated rings. The predicted molar refractivity (Wildman–Crippen MR) is 158 cm³/mol. The Hall–Kier alpha value is -4.64. The normalized spacial score (nSPS) is 19.4. The van der Waals surface area contributed by atoms with Gasteiger partial charge in [-0.3, -0.25) is 14.5 Å². The van der Waals surface area contributed by atoms with Crippen LogP contribution >= 0.6 is 0 Å². The second-order valence-electron chi connectivity index (χ2n) is 11.2. The number of benzene rings is 4. The molecule has 1 N–H and O–H groups in total. The van der Waals surface area contributed by atoms with Crippen molar-refractivity contribution < 1.29 is 14.3 Å². The first-order chi connectivity index (χ1) is 19.4. The van der Waals surface area contributed by atoms with Crippen molar-refractivity contribution in [3.8, 4) is 5.75 Å². The average Bonchev–Trinajstić information content (AvgIpc) is 3.10. The number of nitrogens with zero attached hydrogens (tertiary/aromatic N) is 1. The monoisotopic (exact) mass is 528 g/mol. The van der Waals surface area contributed by atoms with Crippen molar-refractivity contribution in [2.24, 2.45) is 11.3 Å². The molecule has 1 amide bonds. The number of para-hydroxylation sites is 2. The van der Waals surface area contributed by atoms with E-state index in [1.54, 1.807) is 4.90 Å². The summed E-state index contributed by atoms with van der Waals surface area (Å²) in [5, 5.41) is 3.56. The summed E-state index contributed by atoms with van der Waals surface area (Å²) in [4.78, 5) is 30.1. The summed E-state index contributed by atoms with van der Waals surface area (Å²) < 4.78 is 6.18. The van der Waals surface area contributed by atoms with Gasteiger partial charge < -0.3 is 10.1 Å². The Morgan fingerprint density at radius 2 is 1.60 bits per heavy atom. The van der Waals surface area contributed by atoms with Crippen molar-refractivity contribution in [2.45, 2.75) is 32.9 Å². The minimum absolute atomic E-state index is 0.106. The third kappa shape index (κ3) is 5.03. The minimum Gasteiger partial charge on any atom is -0.489 e. The van der Waals surface area contributed by atoms with Gasteiger partial charge in [-0.1, -0.05) is 92.7 Å². The van der Waals surface area contributed by atoms with E-state index < -0.39 is 12.0 Å². The van der Waals surface area contributed by atoms with Crippen molar-refractivity contribution >= 4 is 23.1 Å². The molecule has 0 saturated heterocycles. The minimum atomic E-state index is -0.570. The maximum atomic E-state index is 14.3. The summed E-state index contributed by atoms with van der Waals surface area (Å²) in [5.41, 5.74) is 4.54. The third-order valence-corrected chi connectivity index (χ3v) is 7.58. The fraction of sp³-hybridized carbons (Fsp3) is 0.200. The quantitative estimate of drug-likeness (QED) is 0.290. The number of fused-ring (bicyclic) bond motifs is 2. The van der Waals surface area contributed by atoms with Gasteiger partial charge in [-0.05, 0) is 52.9 Å². The zero-order chi connectivity index (χ0) is 27.7. The van der Waals surface area contributed by atoms with Gasteiger partial charge in [0.2, 0.25) is 0 Å². The van der Waals surface area contributed by atoms with E-state index in [1.165, 1.54) is 0 Å². The Labute approximate surface area is 235 Å². The number of carbonyl (C=O) groups excluding carboxylic acids is 2. The molecule has 4 aromatic carbocycles. The molecule has 1 heterocycles. The molecule has 4 aromatic rings. The number of hydrogen-bond donors (Lipinski definition) is 1. The predicted octanol–water partition coefficient (Wildman–Crippen LogP) is 7.58. The summed E-state index contributed by atoms with van der Waals surface area (Å²) in [6, 6.07) is 34.3. The molecule has 40 heavy (non-hydrogen) atoms. The van der Waals surface area contributed by atoms with E-state index >= 15 is 0 Å². The lowest BCUT2D eigenvalue weighted by Gasteiger charge is -2.39. The number of Topliss-reactive ketones (excluding diaryl/α,β-unsaturated/α-hetero) is 1. The third-order valence-electron chi connectivity index (χ3n) is 7.58. The Morgan fingerprint density at radius 3 is 2.38 bits per heavy atom. The number of ether oxygens (including phenoxy) is 1. The molecular weight excluding hydrogens is 496 g/mol. The molecule has 0 spiro atoms. The molecule has 2 aliphatic rings. The summed E-state index contributed by atoms with van der Waals surface area (Å²) >= 11 is 0. The molecule has 0 saturated carbocycles. The highest BCUT2D eigenvalue weighted by atomic mass is 16.5. The number of rotatable bonds is 5. The molecule has 5 heteroatoms. The zero-order valence-electron chi connectivity index (χ0n) is 22.7. The summed E-state index contributed by atoms with van der Waals surface area (Å²) in [5.74, 6) is 0.0779. The number of anilines is 2. The number of carbonyl (C=O) groups is 2. The molecule has 0 bridgehead atoms. The fourth-order valence-electron chi connectivity index (χ4n) is 5.82. The zero-order valence-corrected chi connectivity index (χ0v) is 22.7. The molecule has 5 nitrogen and oxygen atoms in total. The highest BCUT2D eigenvalue weighted by molar-refractivity contribution is 6.09. The Kier molecular flexibility index (Phi) is 6.72. The van der Waals surface area contributed by atoms with E-state index in [1.807, 2.05) is 109 Å². The second kappa shape index (κ2) is 10.5. The van der Waals surface area contributed by atoms with Gasteiger partial charge in [0.1, 0.15) is 18.1 Å². The van der Waals surface area contributed by atoms with Crippen LogP contribution in [-0.4, -0.2) is 11.7 Å². The maximum absolute atomic E-state index is 14.3. The van der Waals surface area contributed by atoms with Crippen LogP contribution in [0.4, 0.5) is 11.4 Å². The lowest BCUT2D eigenvalue weighted by molar-refractivity contribution is -0.124.